The third-order valence-electron chi connectivity index (χ3n) is 1.73. The lowest BCUT2D eigenvalue weighted by atomic mass is 10.3. The molecule has 1 amide bonds. The molecule has 72 valence electrons. The summed E-state index contributed by atoms with van der Waals surface area (Å²) in [5.41, 5.74) is 0. The number of amides is 1. The van der Waals surface area contributed by atoms with Crippen LogP contribution >= 0.6 is 0 Å². The number of nitrogens with one attached hydrogen (secondary N) is 2. The topological polar surface area (TPSA) is 54.3 Å². The van der Waals surface area contributed by atoms with Gasteiger partial charge in [0.1, 0.15) is 5.76 Å². The highest BCUT2D eigenvalue weighted by atomic mass is 16.3. The Morgan fingerprint density at radius 3 is 2.85 bits per heavy atom. The fourth-order valence-corrected chi connectivity index (χ4v) is 1.01. The van der Waals surface area contributed by atoms with Crippen LogP contribution < -0.4 is 10.6 Å². The highest BCUT2D eigenvalue weighted by Crippen LogP contribution is 2.07. The minimum atomic E-state index is -0.185. The first kappa shape index (κ1) is 9.80. The van der Waals surface area contributed by atoms with Crippen LogP contribution in [-0.4, -0.2) is 26.5 Å². The van der Waals surface area contributed by atoms with Crippen molar-refractivity contribution in [2.75, 3.05) is 20.6 Å². The first-order chi connectivity index (χ1) is 6.27. The van der Waals surface area contributed by atoms with Crippen molar-refractivity contribution in [3.8, 4) is 0 Å². The molecule has 0 aliphatic heterocycles. The van der Waals surface area contributed by atoms with Gasteiger partial charge < -0.3 is 15.1 Å². The molecule has 0 bridgehead atoms. The predicted molar refractivity (Wildman–Crippen MR) is 49.7 cm³/mol. The van der Waals surface area contributed by atoms with Crippen molar-refractivity contribution in [3.05, 3.63) is 23.7 Å². The number of hydrogen-bond donors (Lipinski definition) is 2. The number of likely N-dealkylation sites (N-methyl/N-ethyl adjacent to an activating group) is 1. The molecule has 0 saturated heterocycles. The zero-order chi connectivity index (χ0) is 9.68. The number of hydrogen-bond acceptors (Lipinski definition) is 3. The van der Waals surface area contributed by atoms with Gasteiger partial charge in [0.15, 0.2) is 5.76 Å². The molecule has 0 aliphatic carbocycles. The average Bonchev–Trinajstić information content (AvgIpc) is 2.62. The van der Waals surface area contributed by atoms with E-state index in [4.69, 9.17) is 4.42 Å². The molecular formula is C9H14N2O2. The van der Waals surface area contributed by atoms with Crippen molar-refractivity contribution in [1.29, 1.82) is 0 Å². The summed E-state index contributed by atoms with van der Waals surface area (Å²) in [6.45, 7) is 0.848. The molecule has 0 radical (unpaired) electrons. The minimum Gasteiger partial charge on any atom is -0.456 e. The Balaban J connectivity index is 2.58. The van der Waals surface area contributed by atoms with Gasteiger partial charge in [0.05, 0.1) is 0 Å². The Morgan fingerprint density at radius 2 is 2.23 bits per heavy atom. The van der Waals surface area contributed by atoms with Crippen molar-refractivity contribution >= 4 is 5.91 Å². The van der Waals surface area contributed by atoms with Crippen molar-refractivity contribution in [2.45, 2.75) is 6.42 Å². The van der Waals surface area contributed by atoms with Crippen LogP contribution in [-0.2, 0) is 6.42 Å². The molecule has 0 aliphatic rings. The maximum Gasteiger partial charge on any atom is 0.286 e. The quantitative estimate of drug-likeness (QED) is 0.708. The lowest BCUT2D eigenvalue weighted by Gasteiger charge is -1.95. The second kappa shape index (κ2) is 4.67. The van der Waals surface area contributed by atoms with Gasteiger partial charge in [0.2, 0.25) is 0 Å². The van der Waals surface area contributed by atoms with Gasteiger partial charge in [-0.15, -0.1) is 0 Å². The summed E-state index contributed by atoms with van der Waals surface area (Å²) in [5.74, 6) is 1.01. The lowest BCUT2D eigenvalue weighted by Crippen LogP contribution is -2.16. The fraction of sp³-hybridized carbons (Fsp3) is 0.444. The van der Waals surface area contributed by atoms with Crippen LogP contribution in [0, 0.1) is 0 Å². The average molecular weight is 182 g/mol. The molecule has 4 nitrogen and oxygen atoms in total. The Kier molecular flexibility index (Phi) is 3.52. The van der Waals surface area contributed by atoms with Crippen LogP contribution in [0.4, 0.5) is 0 Å². The van der Waals surface area contributed by atoms with E-state index < -0.39 is 0 Å². The van der Waals surface area contributed by atoms with Crippen LogP contribution in [0.3, 0.4) is 0 Å². The highest BCUT2D eigenvalue weighted by molar-refractivity contribution is 5.91. The minimum absolute atomic E-state index is 0.185. The summed E-state index contributed by atoms with van der Waals surface area (Å²) >= 11 is 0. The SMILES string of the molecule is CNCCc1ccc(C(=O)NC)o1. The van der Waals surface area contributed by atoms with Gasteiger partial charge in [-0.25, -0.2) is 0 Å². The van der Waals surface area contributed by atoms with Crippen LogP contribution in [0.1, 0.15) is 16.3 Å². The van der Waals surface area contributed by atoms with E-state index in [0.717, 1.165) is 18.7 Å². The van der Waals surface area contributed by atoms with E-state index in [2.05, 4.69) is 10.6 Å². The van der Waals surface area contributed by atoms with Crippen molar-refractivity contribution in [2.24, 2.45) is 0 Å². The summed E-state index contributed by atoms with van der Waals surface area (Å²) < 4.78 is 5.29. The molecule has 1 rings (SSSR count). The maximum absolute atomic E-state index is 11.1. The first-order valence-corrected chi connectivity index (χ1v) is 4.23. The highest BCUT2D eigenvalue weighted by Gasteiger charge is 2.07. The van der Waals surface area contributed by atoms with E-state index in [1.807, 2.05) is 13.1 Å². The fourth-order valence-electron chi connectivity index (χ4n) is 1.01. The monoisotopic (exact) mass is 182 g/mol. The smallest absolute Gasteiger partial charge is 0.286 e. The third kappa shape index (κ3) is 2.59. The van der Waals surface area contributed by atoms with Gasteiger partial charge in [-0.3, -0.25) is 4.79 Å². The molecule has 4 heteroatoms. The molecule has 1 heterocycles. The Morgan fingerprint density at radius 1 is 1.46 bits per heavy atom. The molecule has 0 fully saturated rings. The number of carbonyl (C=O) groups is 1. The second-order valence-corrected chi connectivity index (χ2v) is 2.70. The number of rotatable bonds is 4. The normalized spacial score (nSPS) is 10.0. The van der Waals surface area contributed by atoms with Gasteiger partial charge in [-0.2, -0.15) is 0 Å². The predicted octanol–water partition coefficient (Wildman–Crippen LogP) is 0.401. The Hall–Kier alpha value is -1.29. The summed E-state index contributed by atoms with van der Waals surface area (Å²) in [4.78, 5) is 11.1. The van der Waals surface area contributed by atoms with E-state index >= 15 is 0 Å². The van der Waals surface area contributed by atoms with Gasteiger partial charge in [0.25, 0.3) is 5.91 Å². The van der Waals surface area contributed by atoms with Crippen molar-refractivity contribution in [1.82, 2.24) is 10.6 Å². The molecule has 0 unspecified atom stereocenters. The van der Waals surface area contributed by atoms with Crippen LogP contribution in [0.15, 0.2) is 16.5 Å². The summed E-state index contributed by atoms with van der Waals surface area (Å²) in [5, 5.41) is 5.51. The Bertz CT molecular complexity index is 281. The Labute approximate surface area is 77.3 Å². The van der Waals surface area contributed by atoms with Crippen LogP contribution in [0.2, 0.25) is 0 Å². The molecular weight excluding hydrogens is 168 g/mol. The molecule has 0 aromatic carbocycles. The van der Waals surface area contributed by atoms with Crippen molar-refractivity contribution < 1.29 is 9.21 Å². The van der Waals surface area contributed by atoms with Gasteiger partial charge >= 0.3 is 0 Å². The van der Waals surface area contributed by atoms with Gasteiger partial charge in [-0.05, 0) is 19.2 Å². The molecule has 1 aromatic rings. The van der Waals surface area contributed by atoms with E-state index in [0.29, 0.717) is 5.76 Å². The summed E-state index contributed by atoms with van der Waals surface area (Å²) in [7, 11) is 3.46. The molecule has 2 N–H and O–H groups in total. The van der Waals surface area contributed by atoms with E-state index in [9.17, 15) is 4.79 Å². The standard InChI is InChI=1S/C9H14N2O2/c1-10-6-5-7-3-4-8(13-7)9(12)11-2/h3-4,10H,5-6H2,1-2H3,(H,11,12). The zero-order valence-corrected chi connectivity index (χ0v) is 7.89. The molecule has 13 heavy (non-hydrogen) atoms. The van der Waals surface area contributed by atoms with Gasteiger partial charge in [-0.1, -0.05) is 0 Å². The maximum atomic E-state index is 11.1. The number of furan rings is 1. The van der Waals surface area contributed by atoms with Crippen molar-refractivity contribution in [3.63, 3.8) is 0 Å². The van der Waals surface area contributed by atoms with Crippen LogP contribution in [0.25, 0.3) is 0 Å². The van der Waals surface area contributed by atoms with E-state index in [1.165, 1.54) is 0 Å². The third-order valence-corrected chi connectivity index (χ3v) is 1.73. The second-order valence-electron chi connectivity index (χ2n) is 2.70. The summed E-state index contributed by atoms with van der Waals surface area (Å²) in [6, 6.07) is 3.51. The van der Waals surface area contributed by atoms with E-state index in [-0.39, 0.29) is 5.91 Å². The zero-order valence-electron chi connectivity index (χ0n) is 7.89. The van der Waals surface area contributed by atoms with Gasteiger partial charge in [0, 0.05) is 20.0 Å². The van der Waals surface area contributed by atoms with E-state index in [1.54, 1.807) is 13.1 Å². The number of carbonyl (C=O) groups excluding carboxylic acids is 1. The summed E-state index contributed by atoms with van der Waals surface area (Å²) in [6.07, 6.45) is 0.799. The molecule has 0 saturated carbocycles. The first-order valence-electron chi connectivity index (χ1n) is 4.23. The van der Waals surface area contributed by atoms with Crippen LogP contribution in [0.5, 0.6) is 0 Å². The molecule has 0 atom stereocenters. The molecule has 0 spiro atoms. The largest absolute Gasteiger partial charge is 0.456 e. The lowest BCUT2D eigenvalue weighted by molar-refractivity contribution is 0.0934. The molecule has 1 aromatic heterocycles.